The van der Waals surface area contributed by atoms with Crippen molar-refractivity contribution < 1.29 is 28.1 Å². The first-order chi connectivity index (χ1) is 17.6. The molecule has 1 fully saturated rings. The van der Waals surface area contributed by atoms with Crippen LogP contribution in [0.3, 0.4) is 0 Å². The number of nitrogens with one attached hydrogen (secondary N) is 1. The lowest BCUT2D eigenvalue weighted by Crippen LogP contribution is -2.64. The van der Waals surface area contributed by atoms with Crippen molar-refractivity contribution >= 4 is 5.91 Å². The number of amides is 1. The maximum absolute atomic E-state index is 15.8. The summed E-state index contributed by atoms with van der Waals surface area (Å²) in [5, 5.41) is 2.79. The van der Waals surface area contributed by atoms with Crippen molar-refractivity contribution in [2.24, 2.45) is 0 Å². The molecule has 36 heavy (non-hydrogen) atoms. The second kappa shape index (κ2) is 13.3. The summed E-state index contributed by atoms with van der Waals surface area (Å²) in [6.07, 6.45) is -4.39. The summed E-state index contributed by atoms with van der Waals surface area (Å²) in [6, 6.07) is 27.9. The Hall–Kier alpha value is -3.10. The summed E-state index contributed by atoms with van der Waals surface area (Å²) in [4.78, 5) is 12.0. The molecule has 6 nitrogen and oxygen atoms in total. The first-order valence-corrected chi connectivity index (χ1v) is 12.1. The van der Waals surface area contributed by atoms with Gasteiger partial charge in [0.2, 0.25) is 5.91 Å². The van der Waals surface area contributed by atoms with Gasteiger partial charge in [0.05, 0.1) is 26.4 Å². The van der Waals surface area contributed by atoms with E-state index >= 15 is 4.39 Å². The van der Waals surface area contributed by atoms with Gasteiger partial charge in [0, 0.05) is 6.92 Å². The molecule has 1 aliphatic rings. The summed E-state index contributed by atoms with van der Waals surface area (Å²) < 4.78 is 39.8. The first kappa shape index (κ1) is 26.0. The van der Waals surface area contributed by atoms with Crippen molar-refractivity contribution in [3.05, 3.63) is 108 Å². The normalized spacial score (nSPS) is 23.8. The lowest BCUT2D eigenvalue weighted by atomic mass is 9.97. The predicted octanol–water partition coefficient (Wildman–Crippen LogP) is 4.57. The second-order valence-corrected chi connectivity index (χ2v) is 8.77. The minimum atomic E-state index is -1.54. The molecule has 5 atom stereocenters. The molecule has 1 heterocycles. The summed E-state index contributed by atoms with van der Waals surface area (Å²) in [7, 11) is 0. The van der Waals surface area contributed by atoms with E-state index in [1.54, 1.807) is 0 Å². The van der Waals surface area contributed by atoms with E-state index in [0.29, 0.717) is 6.61 Å². The molecule has 0 saturated carbocycles. The van der Waals surface area contributed by atoms with E-state index in [1.165, 1.54) is 6.92 Å². The minimum absolute atomic E-state index is 0.0131. The predicted molar refractivity (Wildman–Crippen MR) is 134 cm³/mol. The number of rotatable bonds is 11. The van der Waals surface area contributed by atoms with Crippen LogP contribution >= 0.6 is 0 Å². The highest BCUT2D eigenvalue weighted by molar-refractivity contribution is 5.73. The number of carbonyl (C=O) groups is 1. The Morgan fingerprint density at radius 3 is 1.83 bits per heavy atom. The molecule has 0 bridgehead atoms. The van der Waals surface area contributed by atoms with E-state index in [9.17, 15) is 4.79 Å². The van der Waals surface area contributed by atoms with Crippen LogP contribution in [0.1, 0.15) is 23.6 Å². The Morgan fingerprint density at radius 2 is 1.31 bits per heavy atom. The Balaban J connectivity index is 1.49. The molecular weight excluding hydrogens is 461 g/mol. The molecule has 1 aliphatic heterocycles. The number of ether oxygens (including phenoxy) is 4. The third-order valence-corrected chi connectivity index (χ3v) is 5.93. The number of halogens is 1. The van der Waals surface area contributed by atoms with Gasteiger partial charge in [-0.2, -0.15) is 0 Å². The highest BCUT2D eigenvalue weighted by Crippen LogP contribution is 2.29. The molecule has 3 aromatic carbocycles. The number of carbonyl (C=O) groups excluding carboxylic acids is 1. The van der Waals surface area contributed by atoms with E-state index in [4.69, 9.17) is 18.9 Å². The Bertz CT molecular complexity index is 1050. The zero-order valence-corrected chi connectivity index (χ0v) is 20.3. The minimum Gasteiger partial charge on any atom is -0.374 e. The zero-order valence-electron chi connectivity index (χ0n) is 20.3. The van der Waals surface area contributed by atoms with Crippen LogP contribution in [-0.4, -0.2) is 43.2 Å². The lowest BCUT2D eigenvalue weighted by molar-refractivity contribution is -0.273. The van der Waals surface area contributed by atoms with E-state index in [-0.39, 0.29) is 25.7 Å². The fourth-order valence-corrected chi connectivity index (χ4v) is 4.14. The molecule has 7 heteroatoms. The van der Waals surface area contributed by atoms with Crippen molar-refractivity contribution in [3.8, 4) is 0 Å². The fourth-order valence-electron chi connectivity index (χ4n) is 4.14. The smallest absolute Gasteiger partial charge is 0.217 e. The van der Waals surface area contributed by atoms with Gasteiger partial charge in [-0.25, -0.2) is 4.39 Å². The average molecular weight is 494 g/mol. The average Bonchev–Trinajstić information content (AvgIpc) is 2.90. The van der Waals surface area contributed by atoms with Crippen LogP contribution in [-0.2, 0) is 43.6 Å². The van der Waals surface area contributed by atoms with E-state index < -0.39 is 30.7 Å². The largest absolute Gasteiger partial charge is 0.374 e. The van der Waals surface area contributed by atoms with Crippen LogP contribution in [0.15, 0.2) is 91.0 Å². The van der Waals surface area contributed by atoms with Crippen molar-refractivity contribution in [2.75, 3.05) is 6.61 Å². The third kappa shape index (κ3) is 7.45. The summed E-state index contributed by atoms with van der Waals surface area (Å²) in [5.74, 6) is -0.323. The molecule has 1 saturated heterocycles. The van der Waals surface area contributed by atoms with Gasteiger partial charge < -0.3 is 24.3 Å². The van der Waals surface area contributed by atoms with Gasteiger partial charge in [0.1, 0.15) is 18.2 Å². The summed E-state index contributed by atoms with van der Waals surface area (Å²) in [6.45, 7) is 2.14. The van der Waals surface area contributed by atoms with Crippen molar-refractivity contribution in [1.29, 1.82) is 0 Å². The van der Waals surface area contributed by atoms with Gasteiger partial charge in [-0.1, -0.05) is 91.0 Å². The molecule has 5 unspecified atom stereocenters. The molecule has 0 aliphatic carbocycles. The van der Waals surface area contributed by atoms with Crippen LogP contribution in [0, 0.1) is 0 Å². The first-order valence-electron chi connectivity index (χ1n) is 12.1. The van der Waals surface area contributed by atoms with E-state index in [1.807, 2.05) is 91.0 Å². The van der Waals surface area contributed by atoms with E-state index in [0.717, 1.165) is 16.7 Å². The standard InChI is InChI=1S/C29H32FNO5/c1-21(32)31-27-28(34-18-23-13-7-3-8-14-23)26(30)25(20-33-17-22-11-5-2-6-12-22)36-29(27)35-19-24-15-9-4-10-16-24/h2-16,25-29H,17-20H2,1H3,(H,31,32). The quantitative estimate of drug-likeness (QED) is 0.424. The van der Waals surface area contributed by atoms with Crippen LogP contribution in [0.2, 0.25) is 0 Å². The zero-order chi connectivity index (χ0) is 25.2. The van der Waals surface area contributed by atoms with Gasteiger partial charge in [-0.05, 0) is 16.7 Å². The lowest BCUT2D eigenvalue weighted by Gasteiger charge is -2.43. The van der Waals surface area contributed by atoms with Gasteiger partial charge in [-0.3, -0.25) is 4.79 Å². The molecule has 0 spiro atoms. The molecule has 3 aromatic rings. The van der Waals surface area contributed by atoms with Crippen LogP contribution < -0.4 is 5.32 Å². The van der Waals surface area contributed by atoms with Gasteiger partial charge >= 0.3 is 0 Å². The second-order valence-electron chi connectivity index (χ2n) is 8.77. The maximum Gasteiger partial charge on any atom is 0.217 e. The Morgan fingerprint density at radius 1 is 0.806 bits per heavy atom. The monoisotopic (exact) mass is 493 g/mol. The molecule has 0 aromatic heterocycles. The van der Waals surface area contributed by atoms with Gasteiger partial charge in [0.15, 0.2) is 12.5 Å². The molecular formula is C29H32FNO5. The van der Waals surface area contributed by atoms with Gasteiger partial charge in [-0.15, -0.1) is 0 Å². The van der Waals surface area contributed by atoms with Crippen molar-refractivity contribution in [2.45, 2.75) is 57.5 Å². The highest BCUT2D eigenvalue weighted by Gasteiger charge is 2.48. The van der Waals surface area contributed by atoms with E-state index in [2.05, 4.69) is 5.32 Å². The molecule has 1 amide bonds. The van der Waals surface area contributed by atoms with Crippen molar-refractivity contribution in [1.82, 2.24) is 5.32 Å². The van der Waals surface area contributed by atoms with Gasteiger partial charge in [0.25, 0.3) is 0 Å². The van der Waals surface area contributed by atoms with Crippen LogP contribution in [0.25, 0.3) is 0 Å². The number of hydrogen-bond donors (Lipinski definition) is 1. The number of hydrogen-bond acceptors (Lipinski definition) is 5. The van der Waals surface area contributed by atoms with Crippen LogP contribution in [0.4, 0.5) is 4.39 Å². The molecule has 1 N–H and O–H groups in total. The molecule has 190 valence electrons. The SMILES string of the molecule is CC(=O)NC1C(OCc2ccccc2)OC(COCc2ccccc2)C(F)C1OCc1ccccc1. The number of benzene rings is 3. The third-order valence-electron chi connectivity index (χ3n) is 5.93. The Labute approximate surface area is 211 Å². The summed E-state index contributed by atoms with van der Waals surface area (Å²) >= 11 is 0. The maximum atomic E-state index is 15.8. The summed E-state index contributed by atoms with van der Waals surface area (Å²) in [5.41, 5.74) is 2.81. The molecule has 0 radical (unpaired) electrons. The number of alkyl halides is 1. The fraction of sp³-hybridized carbons (Fsp3) is 0.345. The topological polar surface area (TPSA) is 66.0 Å². The van der Waals surface area contributed by atoms with Crippen LogP contribution in [0.5, 0.6) is 0 Å². The Kier molecular flexibility index (Phi) is 9.58. The highest BCUT2D eigenvalue weighted by atomic mass is 19.1. The van der Waals surface area contributed by atoms with Crippen molar-refractivity contribution in [3.63, 3.8) is 0 Å². The molecule has 4 rings (SSSR count).